The number of carbonyl (C=O) groups is 1. The maximum absolute atomic E-state index is 13.1. The third-order valence-corrected chi connectivity index (χ3v) is 4.89. The van der Waals surface area contributed by atoms with E-state index in [2.05, 4.69) is 10.3 Å². The van der Waals surface area contributed by atoms with Crippen LogP contribution in [0.4, 0.5) is 5.69 Å². The molecule has 0 aliphatic heterocycles. The number of H-pyrrole nitrogens is 1. The predicted octanol–water partition coefficient (Wildman–Crippen LogP) is 2.59. The van der Waals surface area contributed by atoms with Crippen molar-refractivity contribution in [3.8, 4) is 11.4 Å². The van der Waals surface area contributed by atoms with Crippen molar-refractivity contribution in [3.63, 3.8) is 0 Å². The summed E-state index contributed by atoms with van der Waals surface area (Å²) in [5.41, 5.74) is 1.50. The Labute approximate surface area is 171 Å². The van der Waals surface area contributed by atoms with E-state index in [0.717, 1.165) is 10.1 Å². The smallest absolute Gasteiger partial charge is 0.333 e. The topological polar surface area (TPSA) is 98.1 Å². The van der Waals surface area contributed by atoms with Crippen molar-refractivity contribution in [3.05, 3.63) is 86.7 Å². The second-order valence-corrected chi connectivity index (χ2v) is 6.97. The van der Waals surface area contributed by atoms with Gasteiger partial charge in [0.05, 0.1) is 23.9 Å². The lowest BCUT2D eigenvalue weighted by Crippen LogP contribution is -2.34. The van der Waals surface area contributed by atoms with Crippen LogP contribution < -0.4 is 21.3 Å². The lowest BCUT2D eigenvalue weighted by molar-refractivity contribution is 0.102. The summed E-state index contributed by atoms with van der Waals surface area (Å²) in [4.78, 5) is 41.4. The summed E-state index contributed by atoms with van der Waals surface area (Å²) in [6, 6.07) is 14.0. The molecule has 0 atom stereocenters. The van der Waals surface area contributed by atoms with Crippen LogP contribution in [0.1, 0.15) is 15.9 Å². The first kappa shape index (κ1) is 19.3. The van der Waals surface area contributed by atoms with E-state index in [1.165, 1.54) is 13.3 Å². The Hall–Kier alpha value is -4.07. The molecule has 2 aromatic carbocycles. The van der Waals surface area contributed by atoms with Crippen molar-refractivity contribution in [2.45, 2.75) is 6.92 Å². The zero-order valence-electron chi connectivity index (χ0n) is 16.7. The normalized spacial score (nSPS) is 10.9. The van der Waals surface area contributed by atoms with Crippen molar-refractivity contribution in [1.29, 1.82) is 0 Å². The molecule has 4 aromatic rings. The van der Waals surface area contributed by atoms with Crippen LogP contribution >= 0.6 is 0 Å². The molecule has 152 valence electrons. The number of hydrogen-bond donors (Lipinski definition) is 2. The van der Waals surface area contributed by atoms with E-state index < -0.39 is 17.2 Å². The monoisotopic (exact) mass is 404 g/mol. The molecule has 2 aromatic heterocycles. The minimum absolute atomic E-state index is 0.191. The van der Waals surface area contributed by atoms with E-state index in [1.807, 2.05) is 19.1 Å². The van der Waals surface area contributed by atoms with E-state index in [0.29, 0.717) is 17.1 Å². The fourth-order valence-corrected chi connectivity index (χ4v) is 3.37. The minimum Gasteiger partial charge on any atom is -0.497 e. The highest BCUT2D eigenvalue weighted by Crippen LogP contribution is 2.20. The molecule has 0 spiro atoms. The van der Waals surface area contributed by atoms with Crippen LogP contribution in [0.5, 0.6) is 5.75 Å². The maximum Gasteiger partial charge on any atom is 0.333 e. The molecule has 30 heavy (non-hydrogen) atoms. The summed E-state index contributed by atoms with van der Waals surface area (Å²) in [5, 5.41) is 2.77. The molecule has 0 bridgehead atoms. The van der Waals surface area contributed by atoms with Crippen molar-refractivity contribution in [1.82, 2.24) is 14.1 Å². The lowest BCUT2D eigenvalue weighted by atomic mass is 10.2. The number of amides is 1. The van der Waals surface area contributed by atoms with Crippen molar-refractivity contribution < 1.29 is 9.53 Å². The van der Waals surface area contributed by atoms with Gasteiger partial charge >= 0.3 is 5.69 Å². The minimum atomic E-state index is -0.613. The molecule has 2 heterocycles. The van der Waals surface area contributed by atoms with Crippen LogP contribution in [0.15, 0.2) is 64.3 Å². The predicted molar refractivity (Wildman–Crippen MR) is 115 cm³/mol. The molecule has 8 nitrogen and oxygen atoms in total. The van der Waals surface area contributed by atoms with Crippen LogP contribution in [0.2, 0.25) is 0 Å². The molecule has 0 aliphatic carbocycles. The summed E-state index contributed by atoms with van der Waals surface area (Å²) >= 11 is 0. The third-order valence-electron chi connectivity index (χ3n) is 4.89. The lowest BCUT2D eigenvalue weighted by Gasteiger charge is -2.07. The molecule has 0 aliphatic rings. The van der Waals surface area contributed by atoms with Crippen LogP contribution in [-0.4, -0.2) is 27.1 Å². The average molecular weight is 404 g/mol. The van der Waals surface area contributed by atoms with E-state index in [1.54, 1.807) is 48.0 Å². The highest BCUT2D eigenvalue weighted by molar-refractivity contribution is 6.11. The number of benzene rings is 2. The van der Waals surface area contributed by atoms with Gasteiger partial charge in [-0.15, -0.1) is 0 Å². The summed E-state index contributed by atoms with van der Waals surface area (Å²) in [7, 11) is 3.19. The fraction of sp³-hybridized carbons (Fsp3) is 0.136. The molecule has 0 radical (unpaired) electrons. The number of fused-ring (bicyclic) bond motifs is 1. The van der Waals surface area contributed by atoms with Gasteiger partial charge in [0.25, 0.3) is 11.5 Å². The molecule has 2 N–H and O–H groups in total. The second-order valence-electron chi connectivity index (χ2n) is 6.97. The van der Waals surface area contributed by atoms with Gasteiger partial charge in [0.15, 0.2) is 0 Å². The van der Waals surface area contributed by atoms with E-state index in [4.69, 9.17) is 4.74 Å². The van der Waals surface area contributed by atoms with E-state index in [9.17, 15) is 14.4 Å². The first-order valence-electron chi connectivity index (χ1n) is 9.26. The number of nitrogens with one attached hydrogen (secondary N) is 2. The number of aryl methyl sites for hydroxylation is 2. The highest BCUT2D eigenvalue weighted by Gasteiger charge is 2.20. The molecular weight excluding hydrogens is 384 g/mol. The van der Waals surface area contributed by atoms with Gasteiger partial charge in [-0.05, 0) is 31.2 Å². The summed E-state index contributed by atoms with van der Waals surface area (Å²) in [6.45, 7) is 1.92. The van der Waals surface area contributed by atoms with E-state index >= 15 is 0 Å². The summed E-state index contributed by atoms with van der Waals surface area (Å²) < 4.78 is 7.76. The number of ether oxygens (including phenoxy) is 1. The molecule has 0 saturated carbocycles. The number of anilines is 1. The maximum atomic E-state index is 13.1. The second kappa shape index (κ2) is 7.40. The van der Waals surface area contributed by atoms with Gasteiger partial charge in [0.2, 0.25) is 0 Å². The SMILES string of the molecule is COc1cccc(NC(=O)c2cn(C)c3c(=O)n(-c4ccc(C)cc4)c(=O)[nH]c23)c1. The standard InChI is InChI=1S/C22H20N4O4/c1-13-7-9-15(10-8-13)26-21(28)19-18(24-22(26)29)17(12-25(19)2)20(27)23-14-5-4-6-16(11-14)30-3/h4-12H,1-3H3,(H,23,27)(H,24,29). The van der Waals surface area contributed by atoms with Crippen LogP contribution in [0.3, 0.4) is 0 Å². The number of aromatic amines is 1. The number of carbonyl (C=O) groups excluding carboxylic acids is 1. The third kappa shape index (κ3) is 3.28. The number of aromatic nitrogens is 3. The van der Waals surface area contributed by atoms with Crippen LogP contribution in [0.25, 0.3) is 16.7 Å². The zero-order chi connectivity index (χ0) is 21.4. The van der Waals surface area contributed by atoms with Crippen molar-refractivity contribution in [2.24, 2.45) is 7.05 Å². The Balaban J connectivity index is 1.81. The Morgan fingerprint density at radius 1 is 1.10 bits per heavy atom. The van der Waals surface area contributed by atoms with Gasteiger partial charge in [-0.3, -0.25) is 9.59 Å². The average Bonchev–Trinajstić information content (AvgIpc) is 3.06. The molecule has 8 heteroatoms. The van der Waals surface area contributed by atoms with E-state index in [-0.39, 0.29) is 16.6 Å². The van der Waals surface area contributed by atoms with Crippen LogP contribution in [0, 0.1) is 6.92 Å². The Morgan fingerprint density at radius 2 is 1.83 bits per heavy atom. The van der Waals surface area contributed by atoms with Crippen LogP contribution in [-0.2, 0) is 7.05 Å². The van der Waals surface area contributed by atoms with Gasteiger partial charge in [-0.1, -0.05) is 23.8 Å². The first-order valence-corrected chi connectivity index (χ1v) is 9.26. The molecular formula is C22H20N4O4. The number of hydrogen-bond acceptors (Lipinski definition) is 4. The highest BCUT2D eigenvalue weighted by atomic mass is 16.5. The fourth-order valence-electron chi connectivity index (χ4n) is 3.37. The molecule has 0 saturated heterocycles. The zero-order valence-corrected chi connectivity index (χ0v) is 16.7. The molecule has 0 unspecified atom stereocenters. The van der Waals surface area contributed by atoms with Gasteiger partial charge in [0, 0.05) is 25.0 Å². The molecule has 4 rings (SSSR count). The largest absolute Gasteiger partial charge is 0.497 e. The molecule has 1 amide bonds. The van der Waals surface area contributed by atoms with Gasteiger partial charge in [0.1, 0.15) is 11.3 Å². The Bertz CT molecular complexity index is 1380. The quantitative estimate of drug-likeness (QED) is 0.546. The number of nitrogens with zero attached hydrogens (tertiary/aromatic N) is 2. The van der Waals surface area contributed by atoms with Crippen molar-refractivity contribution in [2.75, 3.05) is 12.4 Å². The molecule has 0 fully saturated rings. The summed E-state index contributed by atoms with van der Waals surface area (Å²) in [6.07, 6.45) is 1.52. The number of rotatable bonds is 4. The Morgan fingerprint density at radius 3 is 2.53 bits per heavy atom. The van der Waals surface area contributed by atoms with Gasteiger partial charge in [-0.25, -0.2) is 9.36 Å². The first-order chi connectivity index (χ1) is 14.4. The van der Waals surface area contributed by atoms with Gasteiger partial charge < -0.3 is 19.6 Å². The van der Waals surface area contributed by atoms with Crippen molar-refractivity contribution >= 4 is 22.6 Å². The number of methoxy groups -OCH3 is 1. The van der Waals surface area contributed by atoms with Gasteiger partial charge in [-0.2, -0.15) is 0 Å². The Kier molecular flexibility index (Phi) is 4.75. The summed E-state index contributed by atoms with van der Waals surface area (Å²) in [5.74, 6) is 0.150.